The fourth-order valence-corrected chi connectivity index (χ4v) is 3.03. The number of nitrogens with one attached hydrogen (secondary N) is 1. The monoisotopic (exact) mass is 317 g/mol. The molecule has 1 aromatic rings. The number of hydrogen-bond acceptors (Lipinski definition) is 3. The summed E-state index contributed by atoms with van der Waals surface area (Å²) in [5.74, 6) is -0.270. The fourth-order valence-electron chi connectivity index (χ4n) is 3.03. The lowest BCUT2D eigenvalue weighted by Crippen LogP contribution is -2.35. The minimum absolute atomic E-state index is 0.0933. The average molecular weight is 317 g/mol. The summed E-state index contributed by atoms with van der Waals surface area (Å²) in [5.41, 5.74) is 0.682. The zero-order valence-corrected chi connectivity index (χ0v) is 14.2. The maximum Gasteiger partial charge on any atom is 0.272 e. The molecule has 0 saturated heterocycles. The van der Waals surface area contributed by atoms with Crippen molar-refractivity contribution in [2.24, 2.45) is 0 Å². The van der Waals surface area contributed by atoms with Crippen LogP contribution in [-0.4, -0.2) is 40.8 Å². The van der Waals surface area contributed by atoms with Gasteiger partial charge in [0.05, 0.1) is 0 Å². The second-order valence-corrected chi connectivity index (χ2v) is 6.16. The van der Waals surface area contributed by atoms with Crippen LogP contribution in [0.5, 0.6) is 0 Å². The smallest absolute Gasteiger partial charge is 0.272 e. The molecule has 0 atom stereocenters. The third-order valence-corrected chi connectivity index (χ3v) is 4.17. The number of carbonyl (C=O) groups excluding carboxylic acids is 2. The largest absolute Gasteiger partial charge is 0.348 e. The molecule has 2 rings (SSSR count). The predicted octanol–water partition coefficient (Wildman–Crippen LogP) is 3.02. The van der Waals surface area contributed by atoms with Crippen molar-refractivity contribution >= 4 is 11.8 Å². The second kappa shape index (κ2) is 8.65. The van der Waals surface area contributed by atoms with Crippen molar-refractivity contribution in [2.45, 2.75) is 58.4 Å². The third-order valence-electron chi connectivity index (χ3n) is 4.17. The van der Waals surface area contributed by atoms with E-state index in [1.807, 2.05) is 0 Å². The topological polar surface area (TPSA) is 62.3 Å². The Morgan fingerprint density at radius 3 is 2.35 bits per heavy atom. The van der Waals surface area contributed by atoms with E-state index < -0.39 is 0 Å². The summed E-state index contributed by atoms with van der Waals surface area (Å²) in [6.45, 7) is 5.53. The average Bonchev–Trinajstić information content (AvgIpc) is 3.07. The van der Waals surface area contributed by atoms with Crippen LogP contribution in [-0.2, 0) is 0 Å². The SMILES string of the molecule is CCCN(CCC)C(=O)c1cccc(C(=O)NC2CCCC2)n1. The van der Waals surface area contributed by atoms with E-state index in [9.17, 15) is 9.59 Å². The Kier molecular flexibility index (Phi) is 6.56. The van der Waals surface area contributed by atoms with Gasteiger partial charge < -0.3 is 10.2 Å². The van der Waals surface area contributed by atoms with Crippen LogP contribution in [0.15, 0.2) is 18.2 Å². The van der Waals surface area contributed by atoms with Gasteiger partial charge in [0.1, 0.15) is 11.4 Å². The lowest BCUT2D eigenvalue weighted by Gasteiger charge is -2.21. The molecule has 1 N–H and O–H groups in total. The van der Waals surface area contributed by atoms with E-state index in [4.69, 9.17) is 0 Å². The summed E-state index contributed by atoms with van der Waals surface area (Å²) >= 11 is 0. The molecule has 5 nitrogen and oxygen atoms in total. The summed E-state index contributed by atoms with van der Waals surface area (Å²) in [4.78, 5) is 31.0. The number of hydrogen-bond donors (Lipinski definition) is 1. The summed E-state index contributed by atoms with van der Waals surface area (Å²) in [7, 11) is 0. The van der Waals surface area contributed by atoms with Crippen LogP contribution >= 0.6 is 0 Å². The Hall–Kier alpha value is -1.91. The zero-order chi connectivity index (χ0) is 16.7. The molecule has 0 aromatic carbocycles. The summed E-state index contributed by atoms with van der Waals surface area (Å²) < 4.78 is 0. The molecule has 0 radical (unpaired) electrons. The van der Waals surface area contributed by atoms with E-state index in [0.717, 1.165) is 25.7 Å². The number of amides is 2. The molecule has 1 saturated carbocycles. The van der Waals surface area contributed by atoms with Gasteiger partial charge in [-0.05, 0) is 37.8 Å². The summed E-state index contributed by atoms with van der Waals surface area (Å²) in [6, 6.07) is 5.35. The van der Waals surface area contributed by atoms with Gasteiger partial charge in [0.25, 0.3) is 11.8 Å². The lowest BCUT2D eigenvalue weighted by molar-refractivity contribution is 0.0749. The number of nitrogens with zero attached hydrogens (tertiary/aromatic N) is 2. The van der Waals surface area contributed by atoms with Crippen LogP contribution in [0, 0.1) is 0 Å². The van der Waals surface area contributed by atoms with E-state index in [1.165, 1.54) is 12.8 Å². The van der Waals surface area contributed by atoms with Gasteiger partial charge in [-0.1, -0.05) is 32.8 Å². The molecule has 0 bridgehead atoms. The van der Waals surface area contributed by atoms with E-state index >= 15 is 0 Å². The first-order valence-electron chi connectivity index (χ1n) is 8.72. The highest BCUT2D eigenvalue weighted by Crippen LogP contribution is 2.18. The molecule has 5 heteroatoms. The van der Waals surface area contributed by atoms with Gasteiger partial charge in [-0.3, -0.25) is 9.59 Å². The van der Waals surface area contributed by atoms with Gasteiger partial charge in [0, 0.05) is 19.1 Å². The van der Waals surface area contributed by atoms with Crippen molar-refractivity contribution in [1.29, 1.82) is 0 Å². The van der Waals surface area contributed by atoms with Gasteiger partial charge in [0.15, 0.2) is 0 Å². The lowest BCUT2D eigenvalue weighted by atomic mass is 10.2. The molecule has 0 spiro atoms. The maximum atomic E-state index is 12.6. The third kappa shape index (κ3) is 4.78. The highest BCUT2D eigenvalue weighted by molar-refractivity contribution is 5.96. The highest BCUT2D eigenvalue weighted by Gasteiger charge is 2.20. The molecule has 1 aliphatic carbocycles. The van der Waals surface area contributed by atoms with Gasteiger partial charge in [-0.15, -0.1) is 0 Å². The summed E-state index contributed by atoms with van der Waals surface area (Å²) in [6.07, 6.45) is 6.22. The minimum atomic E-state index is -0.177. The van der Waals surface area contributed by atoms with Gasteiger partial charge in [-0.25, -0.2) is 4.98 Å². The highest BCUT2D eigenvalue weighted by atomic mass is 16.2. The zero-order valence-electron chi connectivity index (χ0n) is 14.2. The normalized spacial score (nSPS) is 14.7. The van der Waals surface area contributed by atoms with Crippen molar-refractivity contribution in [1.82, 2.24) is 15.2 Å². The Bertz CT molecular complexity index is 533. The Morgan fingerprint density at radius 1 is 1.13 bits per heavy atom. The van der Waals surface area contributed by atoms with Crippen molar-refractivity contribution in [3.63, 3.8) is 0 Å². The molecule has 0 aliphatic heterocycles. The molecule has 1 heterocycles. The number of aromatic nitrogens is 1. The number of rotatable bonds is 7. The number of pyridine rings is 1. The predicted molar refractivity (Wildman–Crippen MR) is 90.4 cm³/mol. The van der Waals surface area contributed by atoms with Crippen LogP contribution < -0.4 is 5.32 Å². The fraction of sp³-hybridized carbons (Fsp3) is 0.611. The first kappa shape index (κ1) is 17.4. The van der Waals surface area contributed by atoms with Crippen LogP contribution in [0.2, 0.25) is 0 Å². The molecule has 1 fully saturated rings. The van der Waals surface area contributed by atoms with Crippen molar-refractivity contribution in [3.05, 3.63) is 29.6 Å². The first-order valence-corrected chi connectivity index (χ1v) is 8.72. The van der Waals surface area contributed by atoms with Crippen LogP contribution in [0.3, 0.4) is 0 Å². The molecular weight excluding hydrogens is 290 g/mol. The van der Waals surface area contributed by atoms with E-state index in [2.05, 4.69) is 24.1 Å². The Balaban J connectivity index is 2.08. The number of carbonyl (C=O) groups is 2. The standard InChI is InChI=1S/C18H27N3O2/c1-3-12-21(13-4-2)18(23)16-11-7-10-15(20-16)17(22)19-14-8-5-6-9-14/h7,10-11,14H,3-6,8-9,12-13H2,1-2H3,(H,19,22). The summed E-state index contributed by atoms with van der Waals surface area (Å²) in [5, 5.41) is 3.01. The molecule has 126 valence electrons. The van der Waals surface area contributed by atoms with E-state index in [-0.39, 0.29) is 17.9 Å². The van der Waals surface area contributed by atoms with Crippen molar-refractivity contribution < 1.29 is 9.59 Å². The molecular formula is C18H27N3O2. The van der Waals surface area contributed by atoms with E-state index in [0.29, 0.717) is 24.5 Å². The maximum absolute atomic E-state index is 12.6. The van der Waals surface area contributed by atoms with E-state index in [1.54, 1.807) is 23.1 Å². The molecule has 1 aliphatic rings. The van der Waals surface area contributed by atoms with Gasteiger partial charge in [0.2, 0.25) is 0 Å². The van der Waals surface area contributed by atoms with Crippen molar-refractivity contribution in [3.8, 4) is 0 Å². The van der Waals surface area contributed by atoms with Gasteiger partial charge in [-0.2, -0.15) is 0 Å². The molecule has 23 heavy (non-hydrogen) atoms. The Labute approximate surface area is 138 Å². The van der Waals surface area contributed by atoms with Crippen LogP contribution in [0.25, 0.3) is 0 Å². The quantitative estimate of drug-likeness (QED) is 0.841. The molecule has 1 aromatic heterocycles. The Morgan fingerprint density at radius 2 is 1.74 bits per heavy atom. The minimum Gasteiger partial charge on any atom is -0.348 e. The second-order valence-electron chi connectivity index (χ2n) is 6.16. The molecule has 2 amide bonds. The van der Waals surface area contributed by atoms with Gasteiger partial charge >= 0.3 is 0 Å². The molecule has 0 unspecified atom stereocenters. The van der Waals surface area contributed by atoms with Crippen molar-refractivity contribution in [2.75, 3.05) is 13.1 Å². The van der Waals surface area contributed by atoms with Crippen LogP contribution in [0.4, 0.5) is 0 Å². The van der Waals surface area contributed by atoms with Crippen LogP contribution in [0.1, 0.15) is 73.3 Å². The first-order chi connectivity index (χ1) is 11.2.